The number of phenols is 1. The Bertz CT molecular complexity index is 3260. The molecule has 43 heteroatoms. The number of carbonyl (C=O) groups is 17. The number of primary amides is 2. The van der Waals surface area contributed by atoms with Crippen LogP contribution in [-0.4, -0.2) is 266 Å². The van der Waals surface area contributed by atoms with Crippen LogP contribution >= 0.6 is 0 Å². The van der Waals surface area contributed by atoms with Gasteiger partial charge in [-0.05, 0) is 127 Å². The minimum atomic E-state index is -2.07. The number of nitrogens with one attached hydrogen (secondary N) is 13. The highest BCUT2D eigenvalue weighted by Crippen LogP contribution is 2.15. The van der Waals surface area contributed by atoms with Crippen LogP contribution in [0.2, 0.25) is 0 Å². The van der Waals surface area contributed by atoms with Crippen molar-refractivity contribution in [1.29, 1.82) is 0 Å². The molecule has 0 spiro atoms. The summed E-state index contributed by atoms with van der Waals surface area (Å²) in [6.07, 6.45) is -6.29. The molecular formula is C67H113N19O24. The van der Waals surface area contributed by atoms with Crippen LogP contribution in [0.1, 0.15) is 137 Å². The van der Waals surface area contributed by atoms with Crippen molar-refractivity contribution >= 4 is 101 Å². The van der Waals surface area contributed by atoms with E-state index in [0.29, 0.717) is 19.4 Å². The maximum Gasteiger partial charge on any atom is 0.326 e. The molecule has 1 rings (SSSR count). The zero-order valence-electron chi connectivity index (χ0n) is 62.5. The number of carbonyl (C=O) groups excluding carboxylic acids is 15. The van der Waals surface area contributed by atoms with E-state index in [-0.39, 0.29) is 81.7 Å². The van der Waals surface area contributed by atoms with E-state index in [1.807, 2.05) is 0 Å². The maximum absolute atomic E-state index is 14.7. The first kappa shape index (κ1) is 97.7. The van der Waals surface area contributed by atoms with Crippen molar-refractivity contribution in [2.75, 3.05) is 39.4 Å². The number of aliphatic hydroxyl groups is 4. The summed E-state index contributed by atoms with van der Waals surface area (Å²) in [4.78, 5) is 228. The van der Waals surface area contributed by atoms with Crippen molar-refractivity contribution in [3.8, 4) is 5.75 Å². The number of aliphatic hydroxyl groups excluding tert-OH is 4. The summed E-state index contributed by atoms with van der Waals surface area (Å²) in [6.45, 7) is 5.91. The Labute approximate surface area is 634 Å². The van der Waals surface area contributed by atoms with E-state index < -0.39 is 249 Å². The Morgan fingerprint density at radius 1 is 0.400 bits per heavy atom. The molecule has 0 aliphatic rings. The van der Waals surface area contributed by atoms with Gasteiger partial charge in [0.2, 0.25) is 88.6 Å². The number of nitrogens with two attached hydrogens (primary N) is 6. The molecule has 110 heavy (non-hydrogen) atoms. The third-order valence-electron chi connectivity index (χ3n) is 16.6. The van der Waals surface area contributed by atoms with Crippen LogP contribution in [0, 0.1) is 11.8 Å². The molecule has 0 saturated carbocycles. The highest BCUT2D eigenvalue weighted by molar-refractivity contribution is 6.01. The molecule has 15 amide bonds. The van der Waals surface area contributed by atoms with Gasteiger partial charge < -0.3 is 139 Å². The van der Waals surface area contributed by atoms with Crippen molar-refractivity contribution in [3.05, 3.63) is 29.8 Å². The van der Waals surface area contributed by atoms with Crippen LogP contribution in [0.25, 0.3) is 0 Å². The van der Waals surface area contributed by atoms with Crippen LogP contribution in [-0.2, 0) is 87.9 Å². The van der Waals surface area contributed by atoms with Gasteiger partial charge in [0.25, 0.3) is 0 Å². The van der Waals surface area contributed by atoms with Crippen molar-refractivity contribution < 1.29 is 117 Å². The fraction of sp³-hybridized carbons (Fsp3) is 0.657. The molecule has 0 aliphatic carbocycles. The van der Waals surface area contributed by atoms with E-state index >= 15 is 0 Å². The Hall–Kier alpha value is -10.3. The van der Waals surface area contributed by atoms with Crippen LogP contribution in [0.15, 0.2) is 24.3 Å². The molecule has 32 N–H and O–H groups in total. The van der Waals surface area contributed by atoms with Crippen LogP contribution in [0.3, 0.4) is 0 Å². The molecule has 15 unspecified atom stereocenters. The van der Waals surface area contributed by atoms with E-state index in [2.05, 4.69) is 69.1 Å². The van der Waals surface area contributed by atoms with Crippen molar-refractivity contribution in [1.82, 2.24) is 69.1 Å². The highest BCUT2D eigenvalue weighted by atomic mass is 16.4. The number of aliphatic carboxylic acids is 2. The Morgan fingerprint density at radius 2 is 0.773 bits per heavy atom. The number of unbranched alkanes of at least 4 members (excludes halogenated alkanes) is 3. The van der Waals surface area contributed by atoms with Gasteiger partial charge in [-0.25, -0.2) is 4.79 Å². The van der Waals surface area contributed by atoms with Crippen LogP contribution in [0.5, 0.6) is 5.75 Å². The molecule has 0 heterocycles. The van der Waals surface area contributed by atoms with E-state index in [9.17, 15) is 117 Å². The third-order valence-corrected chi connectivity index (χ3v) is 16.6. The third kappa shape index (κ3) is 37.2. The second-order valence-electron chi connectivity index (χ2n) is 26.9. The lowest BCUT2D eigenvalue weighted by atomic mass is 10.0. The molecule has 0 aromatic heterocycles. The van der Waals surface area contributed by atoms with Gasteiger partial charge in [-0.2, -0.15) is 0 Å². The Kier molecular flexibility index (Phi) is 45.4. The van der Waals surface area contributed by atoms with Gasteiger partial charge in [0.05, 0.1) is 50.8 Å². The SMILES string of the molecule is CC(C)CC(NC(=O)CNC(=O)C(CO)NC(=O)C(N)CCCCN)C(=O)NC(CC(=O)O)C(=O)NC(C(=O)NC(CCCCN)C(=O)NC(CC(N)=O)C(=O)NC(Cc1ccc(O)cc1)C(=O)NC(CCCCN)C(=O)NC(CCC(N)=O)C(=O)NC(C(=O)NC(CO)C(=O)NC(C(=O)O)C(C)C)C(C)O)C(C)O. The first-order valence-electron chi connectivity index (χ1n) is 35.8. The van der Waals surface area contributed by atoms with Crippen molar-refractivity contribution in [3.63, 3.8) is 0 Å². The van der Waals surface area contributed by atoms with Crippen LogP contribution in [0.4, 0.5) is 0 Å². The van der Waals surface area contributed by atoms with Gasteiger partial charge in [0.1, 0.15) is 78.3 Å². The molecule has 0 saturated heterocycles. The van der Waals surface area contributed by atoms with E-state index in [1.54, 1.807) is 13.8 Å². The first-order valence-corrected chi connectivity index (χ1v) is 35.8. The second kappa shape index (κ2) is 51.2. The summed E-state index contributed by atoms with van der Waals surface area (Å²) >= 11 is 0. The van der Waals surface area contributed by atoms with Crippen molar-refractivity contribution in [2.24, 2.45) is 46.2 Å². The standard InChI is InChI=1S/C67H113N19O24/c1-32(2)25-42(75-50(94)29-74-56(98)46(30-87)82-55(97)38(71)13-7-10-22-68)60(102)81-45(28-51(95)96)63(105)86-53(34(5)89)65(107)78-40(15-9-12-24-70)58(100)80-44(27-49(73)93)62(104)79-43(26-36-16-18-37(91)19-17-36)61(103)76-39(14-8-11-23-69)57(99)77-41(20-21-48(72)92)59(101)85-54(35(6)90)66(108)83-47(31-88)64(106)84-52(33(3)4)67(109)110/h16-19,32-35,38-47,52-54,87-91H,7-15,20-31,68-71H2,1-6H3,(H2,72,92)(H2,73,93)(H,74,98)(H,75,94)(H,76,103)(H,77,99)(H,78,107)(H,79,104)(H,80,100)(H,81,102)(H,82,97)(H,83,108)(H,84,106)(H,85,101)(H,86,105)(H,95,96)(H,109,110). The number of carboxylic acid groups (broad SMARTS) is 2. The minimum Gasteiger partial charge on any atom is -0.508 e. The number of benzene rings is 1. The monoisotopic (exact) mass is 1570 g/mol. The fourth-order valence-electron chi connectivity index (χ4n) is 10.5. The summed E-state index contributed by atoms with van der Waals surface area (Å²) in [5.41, 5.74) is 34.1. The van der Waals surface area contributed by atoms with Gasteiger partial charge in [0, 0.05) is 12.8 Å². The van der Waals surface area contributed by atoms with E-state index in [1.165, 1.54) is 38.1 Å². The first-order chi connectivity index (χ1) is 51.6. The number of hydrogen-bond acceptors (Lipinski definition) is 26. The van der Waals surface area contributed by atoms with Gasteiger partial charge >= 0.3 is 11.9 Å². The normalized spacial score (nSPS) is 15.3. The summed E-state index contributed by atoms with van der Waals surface area (Å²) in [7, 11) is 0. The molecule has 43 nitrogen and oxygen atoms in total. The van der Waals surface area contributed by atoms with Crippen molar-refractivity contribution in [2.45, 2.75) is 229 Å². The maximum atomic E-state index is 14.7. The van der Waals surface area contributed by atoms with Gasteiger partial charge in [-0.15, -0.1) is 0 Å². The van der Waals surface area contributed by atoms with Gasteiger partial charge in [-0.1, -0.05) is 46.2 Å². The largest absolute Gasteiger partial charge is 0.508 e. The van der Waals surface area contributed by atoms with E-state index in [4.69, 9.17) is 34.4 Å². The summed E-state index contributed by atoms with van der Waals surface area (Å²) in [5, 5.41) is 101. The Morgan fingerprint density at radius 3 is 1.21 bits per heavy atom. The zero-order chi connectivity index (χ0) is 83.7. The predicted octanol–water partition coefficient (Wildman–Crippen LogP) is -10.3. The number of hydrogen-bond donors (Lipinski definition) is 26. The molecule has 0 bridgehead atoms. The fourth-order valence-corrected chi connectivity index (χ4v) is 10.5. The molecule has 620 valence electrons. The molecular weight excluding hydrogens is 1450 g/mol. The highest BCUT2D eigenvalue weighted by Gasteiger charge is 2.39. The lowest BCUT2D eigenvalue weighted by Gasteiger charge is -2.29. The molecule has 0 radical (unpaired) electrons. The molecule has 1 aromatic carbocycles. The number of amides is 15. The molecule has 0 fully saturated rings. The number of aromatic hydroxyl groups is 1. The van der Waals surface area contributed by atoms with Gasteiger partial charge in [0.15, 0.2) is 0 Å². The average Bonchev–Trinajstić information content (AvgIpc) is 0.847. The van der Waals surface area contributed by atoms with Gasteiger partial charge in [-0.3, -0.25) is 76.7 Å². The average molecular weight is 1570 g/mol. The molecule has 15 atom stereocenters. The quantitative estimate of drug-likeness (QED) is 0.0269. The molecule has 0 aliphatic heterocycles. The number of phenolic OH excluding ortho intramolecular Hbond substituents is 1. The summed E-state index contributed by atoms with van der Waals surface area (Å²) in [6, 6.07) is -17.4. The summed E-state index contributed by atoms with van der Waals surface area (Å²) < 4.78 is 0. The summed E-state index contributed by atoms with van der Waals surface area (Å²) in [5.74, 6) is -21.7. The Balaban J connectivity index is 3.70. The smallest absolute Gasteiger partial charge is 0.326 e. The van der Waals surface area contributed by atoms with Crippen LogP contribution < -0.4 is 104 Å². The molecule has 1 aromatic rings. The number of rotatable bonds is 55. The lowest BCUT2D eigenvalue weighted by Crippen LogP contribution is -2.62. The second-order valence-corrected chi connectivity index (χ2v) is 26.9. The lowest BCUT2D eigenvalue weighted by molar-refractivity contribution is -0.144. The predicted molar refractivity (Wildman–Crippen MR) is 389 cm³/mol. The minimum absolute atomic E-state index is 0.0427. The van der Waals surface area contributed by atoms with E-state index in [0.717, 1.165) is 13.8 Å². The zero-order valence-corrected chi connectivity index (χ0v) is 62.5. The topological polar surface area (TPSA) is 744 Å². The number of carboxylic acids is 2.